The van der Waals surface area contributed by atoms with Crippen molar-refractivity contribution in [3.05, 3.63) is 104 Å². The van der Waals surface area contributed by atoms with Crippen LogP contribution in [0.3, 0.4) is 0 Å². The number of nitrogens with one attached hydrogen (secondary N) is 1. The maximum absolute atomic E-state index is 12.8. The number of thioether (sulfide) groups is 1. The second kappa shape index (κ2) is 11.4. The average molecular weight is 565 g/mol. The molecule has 4 rings (SSSR count). The number of carbonyl (C=O) groups excluding carboxylic acids is 4. The third kappa shape index (κ3) is 6.10. The smallest absolute Gasteiger partial charge is 0.338 e. The van der Waals surface area contributed by atoms with Gasteiger partial charge in [-0.05, 0) is 84.4 Å². The molecule has 36 heavy (non-hydrogen) atoms. The van der Waals surface area contributed by atoms with Crippen LogP contribution in [0.2, 0.25) is 0 Å². The summed E-state index contributed by atoms with van der Waals surface area (Å²) in [5, 5.41) is 2.43. The molecule has 0 spiro atoms. The van der Waals surface area contributed by atoms with Crippen LogP contribution < -0.4 is 5.32 Å². The summed E-state index contributed by atoms with van der Waals surface area (Å²) in [6.45, 7) is 2.13. The van der Waals surface area contributed by atoms with Crippen molar-refractivity contribution >= 4 is 62.5 Å². The van der Waals surface area contributed by atoms with Crippen molar-refractivity contribution < 1.29 is 23.9 Å². The van der Waals surface area contributed by atoms with Gasteiger partial charge in [0.25, 0.3) is 17.1 Å². The summed E-state index contributed by atoms with van der Waals surface area (Å²) >= 11 is 4.30. The minimum absolute atomic E-state index is 0.109. The Morgan fingerprint density at radius 3 is 2.36 bits per heavy atom. The Bertz CT molecular complexity index is 1350. The lowest BCUT2D eigenvalue weighted by atomic mass is 10.1. The Kier molecular flexibility index (Phi) is 8.02. The number of nitrogens with zero attached hydrogens (tertiary/aromatic N) is 1. The van der Waals surface area contributed by atoms with Gasteiger partial charge in [-0.15, -0.1) is 0 Å². The van der Waals surface area contributed by atoms with Crippen LogP contribution in [0, 0.1) is 0 Å². The molecule has 0 unspecified atom stereocenters. The number of esters is 1. The second-order valence-corrected chi connectivity index (χ2v) is 9.68. The number of carbonyl (C=O) groups is 4. The van der Waals surface area contributed by atoms with Gasteiger partial charge in [0.15, 0.2) is 0 Å². The standard InChI is InChI=1S/C27H21BrN2O5S/c1-2-35-26(33)20-10-12-22(13-11-20)29-24(31)19-8-6-17(7-9-19)16-30-25(32)23(36-27(30)34)15-18-4-3-5-21(28)14-18/h3-15H,2,16H2,1H3,(H,29,31)/b23-15-. The summed E-state index contributed by atoms with van der Waals surface area (Å²) < 4.78 is 5.83. The van der Waals surface area contributed by atoms with E-state index in [1.54, 1.807) is 61.5 Å². The van der Waals surface area contributed by atoms with Gasteiger partial charge in [0, 0.05) is 15.7 Å². The first-order valence-electron chi connectivity index (χ1n) is 11.0. The van der Waals surface area contributed by atoms with Crippen LogP contribution in [0.4, 0.5) is 10.5 Å². The minimum Gasteiger partial charge on any atom is -0.462 e. The normalized spacial score (nSPS) is 14.3. The fourth-order valence-electron chi connectivity index (χ4n) is 3.44. The molecule has 7 nitrogen and oxygen atoms in total. The largest absolute Gasteiger partial charge is 0.462 e. The molecule has 3 aromatic carbocycles. The fourth-order valence-corrected chi connectivity index (χ4v) is 4.69. The summed E-state index contributed by atoms with van der Waals surface area (Å²) in [5.74, 6) is -1.10. The molecule has 0 atom stereocenters. The minimum atomic E-state index is -0.421. The van der Waals surface area contributed by atoms with E-state index >= 15 is 0 Å². The Hall–Kier alpha value is -3.69. The van der Waals surface area contributed by atoms with Crippen LogP contribution in [-0.2, 0) is 16.1 Å². The van der Waals surface area contributed by atoms with E-state index in [2.05, 4.69) is 21.2 Å². The first kappa shape index (κ1) is 25.4. The summed E-state index contributed by atoms with van der Waals surface area (Å²) in [6.07, 6.45) is 1.70. The number of anilines is 1. The summed E-state index contributed by atoms with van der Waals surface area (Å²) in [5.41, 5.74) is 2.89. The Morgan fingerprint density at radius 2 is 1.69 bits per heavy atom. The highest BCUT2D eigenvalue weighted by Gasteiger charge is 2.35. The lowest BCUT2D eigenvalue weighted by Crippen LogP contribution is -2.27. The van der Waals surface area contributed by atoms with E-state index in [1.807, 2.05) is 24.3 Å². The van der Waals surface area contributed by atoms with Crippen LogP contribution in [0.5, 0.6) is 0 Å². The maximum Gasteiger partial charge on any atom is 0.338 e. The van der Waals surface area contributed by atoms with Gasteiger partial charge in [-0.1, -0.05) is 40.2 Å². The molecule has 182 valence electrons. The van der Waals surface area contributed by atoms with Gasteiger partial charge in [-0.25, -0.2) is 4.79 Å². The van der Waals surface area contributed by atoms with E-state index in [9.17, 15) is 19.2 Å². The predicted octanol–water partition coefficient (Wildman–Crippen LogP) is 6.11. The molecule has 1 saturated heterocycles. The summed E-state index contributed by atoms with van der Waals surface area (Å²) in [6, 6.07) is 20.6. The molecule has 0 bridgehead atoms. The molecular formula is C27H21BrN2O5S. The number of amides is 3. The highest BCUT2D eigenvalue weighted by Crippen LogP contribution is 2.33. The molecule has 1 aliphatic heterocycles. The van der Waals surface area contributed by atoms with Crippen molar-refractivity contribution in [2.24, 2.45) is 0 Å². The fraction of sp³-hybridized carbons (Fsp3) is 0.111. The molecule has 1 heterocycles. The van der Waals surface area contributed by atoms with Gasteiger partial charge in [0.05, 0.1) is 23.6 Å². The molecule has 1 N–H and O–H groups in total. The van der Waals surface area contributed by atoms with E-state index in [0.717, 1.165) is 27.4 Å². The van der Waals surface area contributed by atoms with Gasteiger partial charge < -0.3 is 10.1 Å². The van der Waals surface area contributed by atoms with Gasteiger partial charge in [-0.2, -0.15) is 0 Å². The van der Waals surface area contributed by atoms with E-state index in [0.29, 0.717) is 21.7 Å². The zero-order chi connectivity index (χ0) is 25.7. The second-order valence-electron chi connectivity index (χ2n) is 7.77. The SMILES string of the molecule is CCOC(=O)c1ccc(NC(=O)c2ccc(CN3C(=O)S/C(=C\c4cccc(Br)c4)C3=O)cc2)cc1. The molecule has 1 aliphatic rings. The number of benzene rings is 3. The first-order chi connectivity index (χ1) is 17.3. The van der Waals surface area contributed by atoms with E-state index in [4.69, 9.17) is 4.74 Å². The zero-order valence-electron chi connectivity index (χ0n) is 19.2. The molecule has 3 aromatic rings. The molecule has 0 aliphatic carbocycles. The van der Waals surface area contributed by atoms with Gasteiger partial charge >= 0.3 is 5.97 Å². The third-order valence-corrected chi connectivity index (χ3v) is 6.63. The van der Waals surface area contributed by atoms with Crippen LogP contribution >= 0.6 is 27.7 Å². The van der Waals surface area contributed by atoms with Gasteiger partial charge in [0.2, 0.25) is 0 Å². The van der Waals surface area contributed by atoms with Crippen LogP contribution in [0.15, 0.2) is 82.2 Å². The molecule has 1 fully saturated rings. The number of hydrogen-bond acceptors (Lipinski definition) is 6. The molecule has 0 radical (unpaired) electrons. The molecule has 9 heteroatoms. The highest BCUT2D eigenvalue weighted by atomic mass is 79.9. The van der Waals surface area contributed by atoms with Gasteiger partial charge in [0.1, 0.15) is 0 Å². The Labute approximate surface area is 220 Å². The molecule has 0 aromatic heterocycles. The maximum atomic E-state index is 12.8. The van der Waals surface area contributed by atoms with Crippen LogP contribution in [0.25, 0.3) is 6.08 Å². The topological polar surface area (TPSA) is 92.8 Å². The van der Waals surface area contributed by atoms with Crippen molar-refractivity contribution in [3.8, 4) is 0 Å². The van der Waals surface area contributed by atoms with Crippen molar-refractivity contribution in [1.82, 2.24) is 4.90 Å². The monoisotopic (exact) mass is 564 g/mol. The summed E-state index contributed by atoms with van der Waals surface area (Å²) in [7, 11) is 0. The average Bonchev–Trinajstić information content (AvgIpc) is 3.12. The molecule has 0 saturated carbocycles. The number of imide groups is 1. The van der Waals surface area contributed by atoms with Crippen LogP contribution in [0.1, 0.15) is 38.8 Å². The molecular weight excluding hydrogens is 544 g/mol. The van der Waals surface area contributed by atoms with Crippen LogP contribution in [-0.4, -0.2) is 34.5 Å². The van der Waals surface area contributed by atoms with Crippen molar-refractivity contribution in [3.63, 3.8) is 0 Å². The lowest BCUT2D eigenvalue weighted by molar-refractivity contribution is -0.123. The van der Waals surface area contributed by atoms with E-state index in [-0.39, 0.29) is 30.2 Å². The number of hydrogen-bond donors (Lipinski definition) is 1. The van der Waals surface area contributed by atoms with Gasteiger partial charge in [-0.3, -0.25) is 19.3 Å². The highest BCUT2D eigenvalue weighted by molar-refractivity contribution is 9.10. The zero-order valence-corrected chi connectivity index (χ0v) is 21.6. The van der Waals surface area contributed by atoms with Crippen molar-refractivity contribution in [1.29, 1.82) is 0 Å². The predicted molar refractivity (Wildman–Crippen MR) is 142 cm³/mol. The van der Waals surface area contributed by atoms with E-state index in [1.165, 1.54) is 4.90 Å². The quantitative estimate of drug-likeness (QED) is 0.274. The third-order valence-electron chi connectivity index (χ3n) is 5.23. The lowest BCUT2D eigenvalue weighted by Gasteiger charge is -2.13. The molecule has 3 amide bonds. The van der Waals surface area contributed by atoms with E-state index < -0.39 is 5.97 Å². The first-order valence-corrected chi connectivity index (χ1v) is 12.6. The van der Waals surface area contributed by atoms with Crippen molar-refractivity contribution in [2.45, 2.75) is 13.5 Å². The van der Waals surface area contributed by atoms with Crippen molar-refractivity contribution in [2.75, 3.05) is 11.9 Å². The Morgan fingerprint density at radius 1 is 1.00 bits per heavy atom. The number of rotatable bonds is 7. The Balaban J connectivity index is 1.38. The number of ether oxygens (including phenoxy) is 1. The summed E-state index contributed by atoms with van der Waals surface area (Å²) in [4.78, 5) is 51.2. The number of halogens is 1.